The molecule has 0 spiro atoms. The van der Waals surface area contributed by atoms with Crippen LogP contribution in [0, 0.1) is 20.8 Å². The number of hydrogen-bond donors (Lipinski definition) is 1. The Morgan fingerprint density at radius 3 is 2.30 bits per heavy atom. The summed E-state index contributed by atoms with van der Waals surface area (Å²) < 4.78 is 28.0. The number of aromatic nitrogens is 3. The van der Waals surface area contributed by atoms with Gasteiger partial charge >= 0.3 is 0 Å². The van der Waals surface area contributed by atoms with Crippen molar-refractivity contribution in [2.75, 3.05) is 11.9 Å². The van der Waals surface area contributed by atoms with Crippen molar-refractivity contribution in [1.82, 2.24) is 19.3 Å². The fourth-order valence-electron chi connectivity index (χ4n) is 3.90. The molecule has 0 radical (unpaired) electrons. The highest BCUT2D eigenvalue weighted by Gasteiger charge is 2.37. The lowest BCUT2D eigenvalue weighted by Gasteiger charge is -2.24. The van der Waals surface area contributed by atoms with Gasteiger partial charge in [0.05, 0.1) is 16.6 Å². The molecule has 1 aromatic carbocycles. The molecule has 1 unspecified atom stereocenters. The van der Waals surface area contributed by atoms with Crippen molar-refractivity contribution in [3.63, 3.8) is 0 Å². The molecule has 156 valence electrons. The van der Waals surface area contributed by atoms with Gasteiger partial charge in [0.25, 0.3) is 0 Å². The fraction of sp³-hybridized carbons (Fsp3) is 0.318. The van der Waals surface area contributed by atoms with E-state index in [9.17, 15) is 8.42 Å². The van der Waals surface area contributed by atoms with Crippen LogP contribution in [0.4, 0.5) is 11.6 Å². The molecule has 1 atom stereocenters. The topological polar surface area (TPSA) is 88.1 Å². The van der Waals surface area contributed by atoms with E-state index in [0.29, 0.717) is 17.4 Å². The molecule has 0 aliphatic carbocycles. The van der Waals surface area contributed by atoms with E-state index in [0.717, 1.165) is 41.3 Å². The van der Waals surface area contributed by atoms with E-state index >= 15 is 0 Å². The molecule has 4 rings (SSSR count). The maximum absolute atomic E-state index is 13.2. The molecular weight excluding hydrogens is 398 g/mol. The smallest absolute Gasteiger partial charge is 0.243 e. The average Bonchev–Trinajstić information content (AvgIpc) is 3.18. The number of pyridine rings is 1. The maximum atomic E-state index is 13.2. The zero-order valence-electron chi connectivity index (χ0n) is 17.3. The van der Waals surface area contributed by atoms with E-state index < -0.39 is 10.0 Å². The summed E-state index contributed by atoms with van der Waals surface area (Å²) in [6.07, 6.45) is 1.54. The average molecular weight is 424 g/mol. The van der Waals surface area contributed by atoms with Crippen LogP contribution >= 0.6 is 0 Å². The number of aryl methyl sites for hydroxylation is 3. The first kappa shape index (κ1) is 20.4. The van der Waals surface area contributed by atoms with Crippen LogP contribution in [0.2, 0.25) is 0 Å². The Hall–Kier alpha value is -2.84. The lowest BCUT2D eigenvalue weighted by molar-refractivity contribution is 0.390. The van der Waals surface area contributed by atoms with Crippen molar-refractivity contribution in [2.45, 2.75) is 44.6 Å². The number of sulfonamides is 1. The third kappa shape index (κ3) is 4.20. The second kappa shape index (κ2) is 8.12. The van der Waals surface area contributed by atoms with Crippen molar-refractivity contribution in [3.8, 4) is 0 Å². The predicted molar refractivity (Wildman–Crippen MR) is 116 cm³/mol. The second-order valence-electron chi connectivity index (χ2n) is 7.61. The summed E-state index contributed by atoms with van der Waals surface area (Å²) in [5.41, 5.74) is 4.10. The van der Waals surface area contributed by atoms with Crippen molar-refractivity contribution in [1.29, 1.82) is 0 Å². The summed E-state index contributed by atoms with van der Waals surface area (Å²) in [6.45, 7) is 6.24. The van der Waals surface area contributed by atoms with Crippen LogP contribution in [0.3, 0.4) is 0 Å². The third-order valence-electron chi connectivity index (χ3n) is 5.11. The molecule has 0 amide bonds. The molecule has 1 fully saturated rings. The van der Waals surface area contributed by atoms with Gasteiger partial charge in [-0.15, -0.1) is 0 Å². The Morgan fingerprint density at radius 2 is 1.60 bits per heavy atom. The first-order valence-corrected chi connectivity index (χ1v) is 11.4. The van der Waals surface area contributed by atoms with Crippen molar-refractivity contribution < 1.29 is 8.42 Å². The number of nitrogens with zero attached hydrogens (tertiary/aromatic N) is 4. The summed E-state index contributed by atoms with van der Waals surface area (Å²) in [5, 5.41) is 3.25. The molecule has 30 heavy (non-hydrogen) atoms. The Bertz CT molecular complexity index is 1150. The first-order valence-electron chi connectivity index (χ1n) is 9.98. The van der Waals surface area contributed by atoms with Crippen molar-refractivity contribution in [3.05, 3.63) is 71.3 Å². The molecule has 7 nitrogen and oxygen atoms in total. The Kier molecular flexibility index (Phi) is 5.53. The number of rotatable bonds is 5. The molecule has 3 heterocycles. The molecule has 1 N–H and O–H groups in total. The fourth-order valence-corrected chi connectivity index (χ4v) is 5.59. The largest absolute Gasteiger partial charge is 0.324 e. The molecule has 1 aliphatic rings. The summed E-state index contributed by atoms with van der Waals surface area (Å²) in [5.74, 6) is 0.518. The van der Waals surface area contributed by atoms with Crippen LogP contribution in [0.15, 0.2) is 53.4 Å². The van der Waals surface area contributed by atoms with E-state index in [1.807, 2.05) is 45.0 Å². The highest BCUT2D eigenvalue weighted by atomic mass is 32.2. The van der Waals surface area contributed by atoms with E-state index in [-0.39, 0.29) is 6.04 Å². The highest BCUT2D eigenvalue weighted by molar-refractivity contribution is 7.89. The predicted octanol–water partition coefficient (Wildman–Crippen LogP) is 4.07. The van der Waals surface area contributed by atoms with E-state index in [1.54, 1.807) is 28.6 Å². The van der Waals surface area contributed by atoms with E-state index in [4.69, 9.17) is 0 Å². The van der Waals surface area contributed by atoms with Gasteiger partial charge < -0.3 is 5.32 Å². The summed E-state index contributed by atoms with van der Waals surface area (Å²) in [4.78, 5) is 13.8. The van der Waals surface area contributed by atoms with Crippen LogP contribution in [-0.2, 0) is 10.0 Å². The van der Waals surface area contributed by atoms with Crippen LogP contribution < -0.4 is 5.32 Å². The second-order valence-corrected chi connectivity index (χ2v) is 9.50. The van der Waals surface area contributed by atoms with Gasteiger partial charge in [0.2, 0.25) is 16.0 Å². The zero-order valence-corrected chi connectivity index (χ0v) is 18.1. The van der Waals surface area contributed by atoms with Gasteiger partial charge in [0.15, 0.2) is 0 Å². The minimum atomic E-state index is -3.58. The summed E-state index contributed by atoms with van der Waals surface area (Å²) >= 11 is 0. The maximum Gasteiger partial charge on any atom is 0.243 e. The summed E-state index contributed by atoms with van der Waals surface area (Å²) in [7, 11) is -3.58. The zero-order chi connectivity index (χ0) is 21.3. The first-order chi connectivity index (χ1) is 14.3. The standard InChI is InChI=1S/C22H25N5O2S/c1-15-12-16(2)25-22(24-15)26-18-13-17(3)23-20(14-18)21-10-7-11-27(21)30(28,29)19-8-5-4-6-9-19/h4-6,8-9,12-14,21H,7,10-11H2,1-3H3,(H,23,24,25,26). The van der Waals surface area contributed by atoms with Gasteiger partial charge in [-0.1, -0.05) is 18.2 Å². The monoisotopic (exact) mass is 423 g/mol. The summed E-state index contributed by atoms with van der Waals surface area (Å²) in [6, 6.07) is 14.0. The minimum Gasteiger partial charge on any atom is -0.324 e. The van der Waals surface area contributed by atoms with Crippen LogP contribution in [0.1, 0.15) is 41.7 Å². The lowest BCUT2D eigenvalue weighted by atomic mass is 10.1. The quantitative estimate of drug-likeness (QED) is 0.666. The number of benzene rings is 1. The van der Waals surface area contributed by atoms with E-state index in [1.165, 1.54) is 0 Å². The highest BCUT2D eigenvalue weighted by Crippen LogP contribution is 2.36. The molecule has 3 aromatic rings. The van der Waals surface area contributed by atoms with Crippen molar-refractivity contribution in [2.24, 2.45) is 0 Å². The Balaban J connectivity index is 1.66. The normalized spacial score (nSPS) is 17.2. The van der Waals surface area contributed by atoms with Crippen LogP contribution in [0.5, 0.6) is 0 Å². The van der Waals surface area contributed by atoms with Gasteiger partial charge in [0.1, 0.15) is 0 Å². The van der Waals surface area contributed by atoms with Crippen LogP contribution in [0.25, 0.3) is 0 Å². The van der Waals surface area contributed by atoms with Gasteiger partial charge in [-0.25, -0.2) is 18.4 Å². The molecule has 1 aliphatic heterocycles. The molecule has 1 saturated heterocycles. The van der Waals surface area contributed by atoms with Gasteiger partial charge in [-0.2, -0.15) is 4.31 Å². The lowest BCUT2D eigenvalue weighted by Crippen LogP contribution is -2.31. The van der Waals surface area contributed by atoms with Gasteiger partial charge in [-0.3, -0.25) is 4.98 Å². The Labute approximate surface area is 177 Å². The Morgan fingerprint density at radius 1 is 0.933 bits per heavy atom. The molecule has 2 aromatic heterocycles. The molecule has 0 saturated carbocycles. The minimum absolute atomic E-state index is 0.296. The van der Waals surface area contributed by atoms with Crippen molar-refractivity contribution >= 4 is 21.7 Å². The van der Waals surface area contributed by atoms with Gasteiger partial charge in [0, 0.05) is 29.3 Å². The molecular formula is C22H25N5O2S. The van der Waals surface area contributed by atoms with Gasteiger partial charge in [-0.05, 0) is 63.9 Å². The number of hydrogen-bond acceptors (Lipinski definition) is 6. The molecule has 0 bridgehead atoms. The molecule has 8 heteroatoms. The SMILES string of the molecule is Cc1cc(Nc2nc(C)cc(C)n2)cc(C2CCCN2S(=O)(=O)c2ccccc2)n1. The van der Waals surface area contributed by atoms with E-state index in [2.05, 4.69) is 20.3 Å². The van der Waals surface area contributed by atoms with Crippen LogP contribution in [-0.4, -0.2) is 34.2 Å². The number of nitrogens with one attached hydrogen (secondary N) is 1. The third-order valence-corrected chi connectivity index (χ3v) is 7.03. The number of anilines is 2.